The zero-order valence-electron chi connectivity index (χ0n) is 13.5. The maximum absolute atomic E-state index is 11.8. The molecule has 0 aromatic carbocycles. The molecule has 24 heavy (non-hydrogen) atoms. The average Bonchev–Trinajstić information content (AvgIpc) is 3.22. The summed E-state index contributed by atoms with van der Waals surface area (Å²) in [5, 5.41) is 16.6. The molecule has 0 radical (unpaired) electrons. The van der Waals surface area contributed by atoms with Crippen molar-refractivity contribution in [1.82, 2.24) is 25.2 Å². The molecular formula is C16H20N6O2. The molecule has 2 aliphatic carbocycles. The van der Waals surface area contributed by atoms with Gasteiger partial charge >= 0.3 is 0 Å². The summed E-state index contributed by atoms with van der Waals surface area (Å²) in [6, 6.07) is 0.438. The molecule has 1 amide bonds. The van der Waals surface area contributed by atoms with Crippen LogP contribution in [-0.2, 0) is 19.9 Å². The third-order valence-electron chi connectivity index (χ3n) is 4.88. The van der Waals surface area contributed by atoms with Crippen molar-refractivity contribution in [2.45, 2.75) is 44.6 Å². The van der Waals surface area contributed by atoms with Gasteiger partial charge in [0.25, 0.3) is 5.91 Å². The number of rotatable bonds is 3. The van der Waals surface area contributed by atoms with Crippen LogP contribution in [0, 0.1) is 0 Å². The molecule has 2 aromatic rings. The van der Waals surface area contributed by atoms with Gasteiger partial charge in [-0.15, -0.1) is 0 Å². The van der Waals surface area contributed by atoms with E-state index in [1.54, 1.807) is 17.2 Å². The number of aromatic nitrogens is 4. The molecule has 3 N–H and O–H groups in total. The highest BCUT2D eigenvalue weighted by Gasteiger charge is 2.29. The predicted octanol–water partition coefficient (Wildman–Crippen LogP) is 1.45. The van der Waals surface area contributed by atoms with E-state index in [0.29, 0.717) is 18.4 Å². The molecule has 0 atom stereocenters. The number of aryl methyl sites for hydroxylation is 2. The third kappa shape index (κ3) is 2.43. The van der Waals surface area contributed by atoms with Gasteiger partial charge in [-0.3, -0.25) is 14.7 Å². The van der Waals surface area contributed by atoms with E-state index in [2.05, 4.69) is 15.4 Å². The molecule has 0 spiro atoms. The van der Waals surface area contributed by atoms with Crippen LogP contribution in [0.1, 0.15) is 47.3 Å². The molecule has 2 aliphatic rings. The van der Waals surface area contributed by atoms with E-state index in [0.717, 1.165) is 41.8 Å². The van der Waals surface area contributed by atoms with Gasteiger partial charge in [-0.1, -0.05) is 12.8 Å². The Hall–Kier alpha value is -2.48. The van der Waals surface area contributed by atoms with Crippen molar-refractivity contribution >= 4 is 11.9 Å². The van der Waals surface area contributed by atoms with Gasteiger partial charge < -0.3 is 5.32 Å². The number of nitrogens with zero attached hydrogens (tertiary/aromatic N) is 4. The lowest BCUT2D eigenvalue weighted by Gasteiger charge is -2.18. The zero-order valence-corrected chi connectivity index (χ0v) is 13.5. The first-order valence-electron chi connectivity index (χ1n) is 8.30. The normalized spacial score (nSPS) is 16.6. The Morgan fingerprint density at radius 2 is 2.12 bits per heavy atom. The number of hydroxylamine groups is 1. The molecule has 8 heteroatoms. The number of amides is 1. The van der Waals surface area contributed by atoms with Gasteiger partial charge in [-0.25, -0.2) is 15.4 Å². The van der Waals surface area contributed by atoms with E-state index in [1.807, 2.05) is 6.20 Å². The molecular weight excluding hydrogens is 308 g/mol. The Labute approximate surface area is 139 Å². The molecule has 0 unspecified atom stereocenters. The fraction of sp³-hybridized carbons (Fsp3) is 0.500. The summed E-state index contributed by atoms with van der Waals surface area (Å²) < 4.78 is 1.66. The van der Waals surface area contributed by atoms with Crippen molar-refractivity contribution < 1.29 is 10.0 Å². The van der Waals surface area contributed by atoms with Crippen LogP contribution in [0.5, 0.6) is 0 Å². The van der Waals surface area contributed by atoms with Crippen molar-refractivity contribution in [3.05, 3.63) is 23.0 Å². The van der Waals surface area contributed by atoms with Crippen molar-refractivity contribution in [1.29, 1.82) is 0 Å². The maximum atomic E-state index is 11.8. The van der Waals surface area contributed by atoms with E-state index in [-0.39, 0.29) is 5.69 Å². The van der Waals surface area contributed by atoms with Crippen LogP contribution in [0.25, 0.3) is 11.4 Å². The standard InChI is InChI=1S/C16H20N6O2/c1-22-14-11(13(20-22)15(23)21-24)7-6-9-8-17-16(19-12(9)14)18-10-4-2-3-5-10/h8,10,24H,2-7H2,1H3,(H,21,23)(H,17,18,19). The first-order valence-corrected chi connectivity index (χ1v) is 8.30. The fourth-order valence-electron chi connectivity index (χ4n) is 3.71. The number of anilines is 1. The second kappa shape index (κ2) is 5.86. The summed E-state index contributed by atoms with van der Waals surface area (Å²) in [6.45, 7) is 0. The number of carbonyl (C=O) groups is 1. The Morgan fingerprint density at radius 3 is 2.88 bits per heavy atom. The predicted molar refractivity (Wildman–Crippen MR) is 86.8 cm³/mol. The van der Waals surface area contributed by atoms with Crippen molar-refractivity contribution in [3.8, 4) is 11.4 Å². The first-order chi connectivity index (χ1) is 11.7. The highest BCUT2D eigenvalue weighted by Crippen LogP contribution is 2.34. The second-order valence-electron chi connectivity index (χ2n) is 6.43. The molecule has 4 rings (SSSR count). The number of carbonyl (C=O) groups excluding carboxylic acids is 1. The van der Waals surface area contributed by atoms with Crippen LogP contribution < -0.4 is 10.8 Å². The van der Waals surface area contributed by atoms with E-state index < -0.39 is 5.91 Å². The SMILES string of the molecule is Cn1nc(C(=O)NO)c2c1-c1nc(NC3CCCC3)ncc1CC2. The van der Waals surface area contributed by atoms with Gasteiger partial charge in [0, 0.05) is 24.8 Å². The Bertz CT molecular complexity index is 794. The number of nitrogens with one attached hydrogen (secondary N) is 2. The number of hydrogen-bond acceptors (Lipinski definition) is 6. The van der Waals surface area contributed by atoms with Crippen LogP contribution in [0.3, 0.4) is 0 Å². The zero-order chi connectivity index (χ0) is 16.7. The van der Waals surface area contributed by atoms with Gasteiger partial charge in [0.2, 0.25) is 5.95 Å². The minimum absolute atomic E-state index is 0.254. The summed E-state index contributed by atoms with van der Waals surface area (Å²) in [6.07, 6.45) is 8.08. The lowest BCUT2D eigenvalue weighted by Crippen LogP contribution is -2.21. The van der Waals surface area contributed by atoms with Crippen LogP contribution in [0.4, 0.5) is 5.95 Å². The lowest BCUT2D eigenvalue weighted by molar-refractivity contribution is 0.0699. The van der Waals surface area contributed by atoms with Gasteiger partial charge in [0.1, 0.15) is 0 Å². The summed E-state index contributed by atoms with van der Waals surface area (Å²) >= 11 is 0. The molecule has 0 bridgehead atoms. The smallest absolute Gasteiger partial charge is 0.295 e. The van der Waals surface area contributed by atoms with E-state index in [1.165, 1.54) is 12.8 Å². The summed E-state index contributed by atoms with van der Waals surface area (Å²) in [7, 11) is 1.79. The third-order valence-corrected chi connectivity index (χ3v) is 4.88. The molecule has 0 saturated heterocycles. The Kier molecular flexibility index (Phi) is 3.68. The largest absolute Gasteiger partial charge is 0.351 e. The molecule has 1 fully saturated rings. The summed E-state index contributed by atoms with van der Waals surface area (Å²) in [4.78, 5) is 21.0. The van der Waals surface area contributed by atoms with Crippen molar-refractivity contribution in [2.24, 2.45) is 7.05 Å². The average molecular weight is 328 g/mol. The lowest BCUT2D eigenvalue weighted by atomic mass is 9.93. The van der Waals surface area contributed by atoms with Gasteiger partial charge in [0.05, 0.1) is 11.4 Å². The van der Waals surface area contributed by atoms with Crippen LogP contribution in [-0.4, -0.2) is 36.9 Å². The topological polar surface area (TPSA) is 105 Å². The monoisotopic (exact) mass is 328 g/mol. The Balaban J connectivity index is 1.74. The highest BCUT2D eigenvalue weighted by molar-refractivity contribution is 5.95. The summed E-state index contributed by atoms with van der Waals surface area (Å²) in [5.41, 5.74) is 5.44. The van der Waals surface area contributed by atoms with E-state index in [9.17, 15) is 4.79 Å². The van der Waals surface area contributed by atoms with Gasteiger partial charge in [-0.05, 0) is 31.2 Å². The fourth-order valence-corrected chi connectivity index (χ4v) is 3.71. The first kappa shape index (κ1) is 15.1. The highest BCUT2D eigenvalue weighted by atomic mass is 16.5. The molecule has 126 valence electrons. The molecule has 8 nitrogen and oxygen atoms in total. The van der Waals surface area contributed by atoms with Gasteiger partial charge in [0.15, 0.2) is 5.69 Å². The molecule has 1 saturated carbocycles. The minimum Gasteiger partial charge on any atom is -0.351 e. The Morgan fingerprint density at radius 1 is 1.33 bits per heavy atom. The molecule has 2 aromatic heterocycles. The van der Waals surface area contributed by atoms with Crippen molar-refractivity contribution in [3.63, 3.8) is 0 Å². The second-order valence-corrected chi connectivity index (χ2v) is 6.43. The van der Waals surface area contributed by atoms with E-state index in [4.69, 9.17) is 10.2 Å². The molecule has 0 aliphatic heterocycles. The minimum atomic E-state index is -0.589. The van der Waals surface area contributed by atoms with Crippen LogP contribution in [0.2, 0.25) is 0 Å². The number of fused-ring (bicyclic) bond motifs is 3. The summed E-state index contributed by atoms with van der Waals surface area (Å²) in [5.74, 6) is 0.0384. The van der Waals surface area contributed by atoms with Gasteiger partial charge in [-0.2, -0.15) is 5.10 Å². The van der Waals surface area contributed by atoms with E-state index >= 15 is 0 Å². The maximum Gasteiger partial charge on any atom is 0.295 e. The number of hydrogen-bond donors (Lipinski definition) is 3. The van der Waals surface area contributed by atoms with Crippen LogP contribution >= 0.6 is 0 Å². The molecule has 2 heterocycles. The quantitative estimate of drug-likeness (QED) is 0.582. The van der Waals surface area contributed by atoms with Crippen LogP contribution in [0.15, 0.2) is 6.20 Å². The van der Waals surface area contributed by atoms with Crippen molar-refractivity contribution in [2.75, 3.05) is 5.32 Å².